The van der Waals surface area contributed by atoms with Crippen LogP contribution in [0.25, 0.3) is 0 Å². The minimum absolute atomic E-state index is 0.160. The third-order valence-electron chi connectivity index (χ3n) is 3.95. The van der Waals surface area contributed by atoms with Crippen LogP contribution in [0.1, 0.15) is 36.4 Å². The van der Waals surface area contributed by atoms with E-state index in [4.69, 9.17) is 9.26 Å². The van der Waals surface area contributed by atoms with Crippen molar-refractivity contribution in [2.75, 3.05) is 11.1 Å². The first-order chi connectivity index (χ1) is 12.4. The van der Waals surface area contributed by atoms with E-state index >= 15 is 0 Å². The number of aryl methyl sites for hydroxylation is 3. The van der Waals surface area contributed by atoms with Crippen LogP contribution in [0.15, 0.2) is 28.8 Å². The predicted octanol–water partition coefficient (Wildman–Crippen LogP) is 3.66. The molecule has 0 unspecified atom stereocenters. The van der Waals surface area contributed by atoms with Gasteiger partial charge in [0.1, 0.15) is 5.76 Å². The number of esters is 1. The topological polar surface area (TPSA) is 81.4 Å². The second kappa shape index (κ2) is 9.43. The van der Waals surface area contributed by atoms with Crippen molar-refractivity contribution >= 4 is 29.3 Å². The molecule has 0 aliphatic heterocycles. The number of ether oxygens (including phenoxy) is 1. The number of carbonyl (C=O) groups excluding carboxylic acids is 2. The van der Waals surface area contributed by atoms with Crippen LogP contribution in [-0.4, -0.2) is 28.9 Å². The second-order valence-electron chi connectivity index (χ2n) is 5.97. The number of aromatic nitrogens is 1. The van der Waals surface area contributed by atoms with E-state index in [0.717, 1.165) is 23.4 Å². The molecule has 1 atom stereocenters. The summed E-state index contributed by atoms with van der Waals surface area (Å²) in [5, 5.41) is 6.63. The summed E-state index contributed by atoms with van der Waals surface area (Å²) in [5.41, 5.74) is 3.69. The molecule has 1 heterocycles. The number of carbonyl (C=O) groups is 2. The average Bonchev–Trinajstić information content (AvgIpc) is 2.94. The lowest BCUT2D eigenvalue weighted by atomic mass is 10.1. The van der Waals surface area contributed by atoms with E-state index < -0.39 is 12.1 Å². The van der Waals surface area contributed by atoms with Gasteiger partial charge in [0.15, 0.2) is 6.10 Å². The highest BCUT2D eigenvalue weighted by molar-refractivity contribution is 7.99. The number of anilines is 1. The normalized spacial score (nSPS) is 11.8. The molecule has 0 fully saturated rings. The molecule has 26 heavy (non-hydrogen) atoms. The molecular formula is C19H24N2O4S. The number of benzene rings is 1. The Morgan fingerprint density at radius 3 is 2.54 bits per heavy atom. The van der Waals surface area contributed by atoms with Crippen molar-refractivity contribution in [1.82, 2.24) is 5.16 Å². The second-order valence-corrected chi connectivity index (χ2v) is 6.95. The first kappa shape index (κ1) is 20.0. The van der Waals surface area contributed by atoms with Gasteiger partial charge in [-0.1, -0.05) is 24.2 Å². The van der Waals surface area contributed by atoms with Crippen LogP contribution in [0.2, 0.25) is 0 Å². The van der Waals surface area contributed by atoms with Crippen molar-refractivity contribution < 1.29 is 18.8 Å². The number of amides is 1. The lowest BCUT2D eigenvalue weighted by molar-refractivity contribution is -0.150. The molecule has 1 N–H and O–H groups in total. The summed E-state index contributed by atoms with van der Waals surface area (Å²) in [6.45, 7) is 7.34. The Balaban J connectivity index is 1.75. The van der Waals surface area contributed by atoms with Crippen molar-refractivity contribution in [3.63, 3.8) is 0 Å². The lowest BCUT2D eigenvalue weighted by Crippen LogP contribution is -2.30. The van der Waals surface area contributed by atoms with Crippen molar-refractivity contribution in [2.24, 2.45) is 0 Å². The molecule has 1 aromatic heterocycles. The quantitative estimate of drug-likeness (QED) is 0.708. The van der Waals surface area contributed by atoms with E-state index in [-0.39, 0.29) is 11.7 Å². The van der Waals surface area contributed by atoms with Crippen molar-refractivity contribution in [1.29, 1.82) is 0 Å². The van der Waals surface area contributed by atoms with Crippen LogP contribution in [0, 0.1) is 13.8 Å². The monoisotopic (exact) mass is 376 g/mol. The number of nitrogens with zero attached hydrogens (tertiary/aromatic N) is 1. The van der Waals surface area contributed by atoms with Gasteiger partial charge in [0.05, 0.1) is 11.4 Å². The van der Waals surface area contributed by atoms with Crippen molar-refractivity contribution in [3.8, 4) is 0 Å². The first-order valence-corrected chi connectivity index (χ1v) is 9.65. The molecule has 2 rings (SSSR count). The van der Waals surface area contributed by atoms with Gasteiger partial charge in [-0.05, 0) is 44.9 Å². The standard InChI is InChI=1S/C19H24N2O4S/c1-5-15-6-8-16(9-7-15)20-19(23)14(4)24-18(22)11-26-10-17-12(2)21-25-13(17)3/h6-9,14H,5,10-11H2,1-4H3,(H,20,23)/t14-/m0/s1. The zero-order valence-corrected chi connectivity index (χ0v) is 16.3. The molecule has 0 saturated heterocycles. The maximum absolute atomic E-state index is 12.1. The van der Waals surface area contributed by atoms with Crippen molar-refractivity contribution in [3.05, 3.63) is 46.8 Å². The van der Waals surface area contributed by atoms with Crippen LogP contribution in [0.3, 0.4) is 0 Å². The predicted molar refractivity (Wildman–Crippen MR) is 102 cm³/mol. The fourth-order valence-electron chi connectivity index (χ4n) is 2.30. The third kappa shape index (κ3) is 5.62. The number of nitrogens with one attached hydrogen (secondary N) is 1. The number of rotatable bonds is 8. The number of hydrogen-bond donors (Lipinski definition) is 1. The van der Waals surface area contributed by atoms with E-state index in [1.54, 1.807) is 6.92 Å². The molecular weight excluding hydrogens is 352 g/mol. The number of thioether (sulfide) groups is 1. The van der Waals surface area contributed by atoms with Gasteiger partial charge >= 0.3 is 5.97 Å². The molecule has 0 saturated carbocycles. The Kier molecular flexibility index (Phi) is 7.26. The van der Waals surface area contributed by atoms with Gasteiger partial charge in [-0.2, -0.15) is 0 Å². The molecule has 1 aromatic carbocycles. The van der Waals surface area contributed by atoms with E-state index in [0.29, 0.717) is 11.4 Å². The molecule has 1 amide bonds. The maximum Gasteiger partial charge on any atom is 0.316 e. The summed E-state index contributed by atoms with van der Waals surface area (Å²) in [6, 6.07) is 7.59. The van der Waals surface area contributed by atoms with E-state index in [2.05, 4.69) is 17.4 Å². The summed E-state index contributed by atoms with van der Waals surface area (Å²) in [4.78, 5) is 24.1. The molecule has 0 aliphatic carbocycles. The highest BCUT2D eigenvalue weighted by Gasteiger charge is 2.18. The summed E-state index contributed by atoms with van der Waals surface area (Å²) in [5.74, 6) is 0.752. The molecule has 0 aliphatic rings. The van der Waals surface area contributed by atoms with Crippen molar-refractivity contribution in [2.45, 2.75) is 46.0 Å². The maximum atomic E-state index is 12.1. The summed E-state index contributed by atoms with van der Waals surface area (Å²) in [6.07, 6.45) is 0.0846. The lowest BCUT2D eigenvalue weighted by Gasteiger charge is -2.13. The fraction of sp³-hybridized carbons (Fsp3) is 0.421. The number of hydrogen-bond acceptors (Lipinski definition) is 6. The minimum Gasteiger partial charge on any atom is -0.452 e. The van der Waals surface area contributed by atoms with Crippen LogP contribution in [0.4, 0.5) is 5.69 Å². The van der Waals surface area contributed by atoms with Gasteiger partial charge in [0.25, 0.3) is 5.91 Å². The molecule has 0 spiro atoms. The molecule has 7 heteroatoms. The third-order valence-corrected chi connectivity index (χ3v) is 4.89. The molecule has 2 aromatic rings. The van der Waals surface area contributed by atoms with E-state index in [1.165, 1.54) is 17.3 Å². The Labute approximate surface area is 157 Å². The molecule has 6 nitrogen and oxygen atoms in total. The molecule has 0 bridgehead atoms. The van der Waals surface area contributed by atoms with Crippen LogP contribution in [0.5, 0.6) is 0 Å². The van der Waals surface area contributed by atoms with Gasteiger partial charge < -0.3 is 14.6 Å². The SMILES string of the molecule is CCc1ccc(NC(=O)[C@H](C)OC(=O)CSCc2c(C)noc2C)cc1. The van der Waals surface area contributed by atoms with Crippen LogP contribution >= 0.6 is 11.8 Å². The van der Waals surface area contributed by atoms with Gasteiger partial charge in [0.2, 0.25) is 0 Å². The Bertz CT molecular complexity index is 736. The van der Waals surface area contributed by atoms with Gasteiger partial charge in [0, 0.05) is 17.0 Å². The zero-order valence-electron chi connectivity index (χ0n) is 15.5. The summed E-state index contributed by atoms with van der Waals surface area (Å²) < 4.78 is 10.3. The van der Waals surface area contributed by atoms with E-state index in [9.17, 15) is 9.59 Å². The Hall–Kier alpha value is -2.28. The van der Waals surface area contributed by atoms with Crippen LogP contribution < -0.4 is 5.32 Å². The average molecular weight is 376 g/mol. The zero-order chi connectivity index (χ0) is 19.1. The largest absolute Gasteiger partial charge is 0.452 e. The highest BCUT2D eigenvalue weighted by atomic mass is 32.2. The van der Waals surface area contributed by atoms with Gasteiger partial charge in [-0.3, -0.25) is 9.59 Å². The first-order valence-electron chi connectivity index (χ1n) is 8.49. The summed E-state index contributed by atoms with van der Waals surface area (Å²) >= 11 is 1.40. The van der Waals surface area contributed by atoms with Gasteiger partial charge in [-0.25, -0.2) is 0 Å². The molecule has 140 valence electrons. The van der Waals surface area contributed by atoms with E-state index in [1.807, 2.05) is 38.1 Å². The fourth-order valence-corrected chi connectivity index (χ4v) is 3.25. The summed E-state index contributed by atoms with van der Waals surface area (Å²) in [7, 11) is 0. The van der Waals surface area contributed by atoms with Gasteiger partial charge in [-0.15, -0.1) is 11.8 Å². The van der Waals surface area contributed by atoms with Crippen LogP contribution in [-0.2, 0) is 26.5 Å². The minimum atomic E-state index is -0.854. The smallest absolute Gasteiger partial charge is 0.316 e. The Morgan fingerprint density at radius 1 is 1.27 bits per heavy atom. The molecule has 0 radical (unpaired) electrons. The Morgan fingerprint density at radius 2 is 1.96 bits per heavy atom. The highest BCUT2D eigenvalue weighted by Crippen LogP contribution is 2.19.